The van der Waals surface area contributed by atoms with Gasteiger partial charge in [-0.3, -0.25) is 19.3 Å². The monoisotopic (exact) mass is 472 g/mol. The fourth-order valence-electron chi connectivity index (χ4n) is 2.87. The smallest absolute Gasteiger partial charge is 0.480 e. The first-order chi connectivity index (χ1) is 14.9. The molecule has 11 heteroatoms. The van der Waals surface area contributed by atoms with Crippen LogP contribution in [0, 0.1) is 0 Å². The molecule has 0 spiro atoms. The summed E-state index contributed by atoms with van der Waals surface area (Å²) in [6, 6.07) is 5.27. The summed E-state index contributed by atoms with van der Waals surface area (Å²) in [6.45, 7) is 5.24. The van der Waals surface area contributed by atoms with Crippen molar-refractivity contribution in [3.8, 4) is 5.75 Å². The van der Waals surface area contributed by atoms with E-state index in [1.165, 1.54) is 35.3 Å². The quantitative estimate of drug-likeness (QED) is 0.504. The number of rotatable bonds is 10. The van der Waals surface area contributed by atoms with Gasteiger partial charge in [-0.1, -0.05) is 13.8 Å². The van der Waals surface area contributed by atoms with Crippen molar-refractivity contribution in [2.45, 2.75) is 39.6 Å². The van der Waals surface area contributed by atoms with Crippen molar-refractivity contribution in [1.29, 1.82) is 0 Å². The molecule has 7 nitrogen and oxygen atoms in total. The number of hydrogen-bond acceptors (Lipinski definition) is 6. The number of aliphatic carboxylic acids is 1. The third kappa shape index (κ3) is 6.79. The topological polar surface area (TPSA) is 95.9 Å². The first-order valence-corrected chi connectivity index (χ1v) is 10.6. The molecule has 0 saturated carbocycles. The highest BCUT2D eigenvalue weighted by Crippen LogP contribution is 2.31. The van der Waals surface area contributed by atoms with E-state index in [0.29, 0.717) is 18.0 Å². The van der Waals surface area contributed by atoms with E-state index in [0.717, 1.165) is 17.0 Å². The van der Waals surface area contributed by atoms with E-state index in [2.05, 4.69) is 10.1 Å². The van der Waals surface area contributed by atoms with Crippen molar-refractivity contribution in [2.24, 2.45) is 0 Å². The summed E-state index contributed by atoms with van der Waals surface area (Å²) < 4.78 is 40.8. The number of benzene rings is 1. The van der Waals surface area contributed by atoms with Gasteiger partial charge in [0.1, 0.15) is 16.8 Å². The maximum absolute atomic E-state index is 13.0. The van der Waals surface area contributed by atoms with Gasteiger partial charge in [0.25, 0.3) is 0 Å². The van der Waals surface area contributed by atoms with Gasteiger partial charge in [0.15, 0.2) is 5.78 Å². The summed E-state index contributed by atoms with van der Waals surface area (Å²) in [6.07, 6.45) is -4.23. The van der Waals surface area contributed by atoms with Crippen LogP contribution in [0.15, 0.2) is 30.3 Å². The molecule has 0 aliphatic carbocycles. The minimum Gasteiger partial charge on any atom is -0.480 e. The second kappa shape index (κ2) is 10.6. The number of carboxylic acids is 1. The normalized spacial score (nSPS) is 12.5. The first kappa shape index (κ1) is 25.3. The lowest BCUT2D eigenvalue weighted by Gasteiger charge is -2.23. The SMILES string of the molecule is CCc1cc(C(=O)c2ccc(OC(F)(F)F)cc2)c(NC(=O)CN(CC)C(C)C(=O)O)s1. The van der Waals surface area contributed by atoms with Crippen LogP contribution >= 0.6 is 11.3 Å². The number of nitrogens with one attached hydrogen (secondary N) is 1. The molecular formula is C21H23F3N2O5S. The molecule has 2 N–H and O–H groups in total. The number of amides is 1. The fraction of sp³-hybridized carbons (Fsp3) is 0.381. The van der Waals surface area contributed by atoms with Crippen molar-refractivity contribution >= 4 is 34.0 Å². The Hall–Kier alpha value is -2.92. The Morgan fingerprint density at radius 1 is 1.19 bits per heavy atom. The molecule has 0 aliphatic rings. The zero-order valence-corrected chi connectivity index (χ0v) is 18.5. The predicted octanol–water partition coefficient (Wildman–Crippen LogP) is 4.17. The summed E-state index contributed by atoms with van der Waals surface area (Å²) >= 11 is 1.21. The number of ether oxygens (including phenoxy) is 1. The van der Waals surface area contributed by atoms with E-state index in [9.17, 15) is 27.6 Å². The Bertz CT molecular complexity index is 973. The van der Waals surface area contributed by atoms with E-state index >= 15 is 0 Å². The molecule has 32 heavy (non-hydrogen) atoms. The molecule has 2 aromatic rings. The van der Waals surface area contributed by atoms with Gasteiger partial charge >= 0.3 is 12.3 Å². The molecule has 0 saturated heterocycles. The fourth-order valence-corrected chi connectivity index (χ4v) is 3.88. The zero-order valence-electron chi connectivity index (χ0n) is 17.7. The maximum Gasteiger partial charge on any atom is 0.573 e. The number of likely N-dealkylation sites (N-methyl/N-ethyl adjacent to an activating group) is 1. The average molecular weight is 472 g/mol. The lowest BCUT2D eigenvalue weighted by Crippen LogP contribution is -2.43. The number of alkyl halides is 3. The summed E-state index contributed by atoms with van der Waals surface area (Å²) in [4.78, 5) is 39.0. The van der Waals surface area contributed by atoms with Gasteiger partial charge in [-0.05, 0) is 50.2 Å². The van der Waals surface area contributed by atoms with Crippen LogP contribution in [0.4, 0.5) is 18.2 Å². The number of anilines is 1. The van der Waals surface area contributed by atoms with Gasteiger partial charge in [-0.25, -0.2) is 0 Å². The van der Waals surface area contributed by atoms with Crippen LogP contribution in [0.5, 0.6) is 5.75 Å². The molecule has 1 amide bonds. The molecular weight excluding hydrogens is 449 g/mol. The highest BCUT2D eigenvalue weighted by Gasteiger charge is 2.31. The largest absolute Gasteiger partial charge is 0.573 e. The Balaban J connectivity index is 2.21. The maximum atomic E-state index is 13.0. The lowest BCUT2D eigenvalue weighted by atomic mass is 10.0. The summed E-state index contributed by atoms with van der Waals surface area (Å²) in [7, 11) is 0. The molecule has 1 heterocycles. The van der Waals surface area contributed by atoms with Crippen LogP contribution in [0.25, 0.3) is 0 Å². The van der Waals surface area contributed by atoms with E-state index in [-0.39, 0.29) is 17.7 Å². The van der Waals surface area contributed by atoms with Crippen molar-refractivity contribution in [2.75, 3.05) is 18.4 Å². The molecule has 2 rings (SSSR count). The van der Waals surface area contributed by atoms with E-state index in [4.69, 9.17) is 5.11 Å². The van der Waals surface area contributed by atoms with Crippen molar-refractivity contribution in [3.63, 3.8) is 0 Å². The number of halogens is 3. The van der Waals surface area contributed by atoms with Crippen LogP contribution in [0.3, 0.4) is 0 Å². The Labute approximate surface area is 186 Å². The van der Waals surface area contributed by atoms with Gasteiger partial charge in [0.2, 0.25) is 5.91 Å². The minimum atomic E-state index is -4.84. The molecule has 1 aromatic heterocycles. The molecule has 0 fully saturated rings. The summed E-state index contributed by atoms with van der Waals surface area (Å²) in [5.74, 6) is -2.46. The Morgan fingerprint density at radius 2 is 1.81 bits per heavy atom. The van der Waals surface area contributed by atoms with E-state index in [1.807, 2.05) is 6.92 Å². The van der Waals surface area contributed by atoms with Crippen LogP contribution in [-0.4, -0.2) is 53.2 Å². The summed E-state index contributed by atoms with van der Waals surface area (Å²) in [5, 5.41) is 12.1. The van der Waals surface area contributed by atoms with Gasteiger partial charge in [0, 0.05) is 10.4 Å². The number of aryl methyl sites for hydroxylation is 1. The van der Waals surface area contributed by atoms with E-state index in [1.54, 1.807) is 13.0 Å². The third-order valence-electron chi connectivity index (χ3n) is 4.64. The number of carbonyl (C=O) groups excluding carboxylic acids is 2. The van der Waals surface area contributed by atoms with Crippen molar-refractivity contribution in [3.05, 3.63) is 46.3 Å². The van der Waals surface area contributed by atoms with Gasteiger partial charge in [-0.2, -0.15) is 0 Å². The number of carbonyl (C=O) groups is 3. The van der Waals surface area contributed by atoms with E-state index < -0.39 is 35.8 Å². The number of thiophene rings is 1. The molecule has 0 radical (unpaired) electrons. The lowest BCUT2D eigenvalue weighted by molar-refractivity contribution is -0.274. The average Bonchev–Trinajstić information content (AvgIpc) is 3.13. The van der Waals surface area contributed by atoms with Gasteiger partial charge < -0.3 is 15.2 Å². The van der Waals surface area contributed by atoms with Crippen LogP contribution in [0.2, 0.25) is 0 Å². The molecule has 1 atom stereocenters. The molecule has 0 bridgehead atoms. The van der Waals surface area contributed by atoms with Crippen molar-refractivity contribution in [1.82, 2.24) is 4.90 Å². The molecule has 1 unspecified atom stereocenters. The standard InChI is InChI=1S/C21H23F3N2O5S/c1-4-15-10-16(18(28)13-6-8-14(9-7-13)31-21(22,23)24)19(32-15)25-17(27)11-26(5-2)12(3)20(29)30/h6-10,12H,4-5,11H2,1-3H3,(H,25,27)(H,29,30). The van der Waals surface area contributed by atoms with Gasteiger partial charge in [0.05, 0.1) is 12.1 Å². The van der Waals surface area contributed by atoms with Gasteiger partial charge in [-0.15, -0.1) is 24.5 Å². The summed E-state index contributed by atoms with van der Waals surface area (Å²) in [5.41, 5.74) is 0.337. The second-order valence-corrected chi connectivity index (χ2v) is 7.97. The minimum absolute atomic E-state index is 0.130. The third-order valence-corrected chi connectivity index (χ3v) is 5.83. The first-order valence-electron chi connectivity index (χ1n) is 9.75. The Morgan fingerprint density at radius 3 is 2.31 bits per heavy atom. The number of hydrogen-bond donors (Lipinski definition) is 2. The Kier molecular flexibility index (Phi) is 8.39. The second-order valence-electron chi connectivity index (χ2n) is 6.84. The molecule has 174 valence electrons. The molecule has 0 aliphatic heterocycles. The highest BCUT2D eigenvalue weighted by molar-refractivity contribution is 7.16. The number of nitrogens with zero attached hydrogens (tertiary/aromatic N) is 1. The number of ketones is 1. The predicted molar refractivity (Wildman–Crippen MR) is 113 cm³/mol. The number of carboxylic acid groups (broad SMARTS) is 1. The van der Waals surface area contributed by atoms with Crippen LogP contribution < -0.4 is 10.1 Å². The zero-order chi connectivity index (χ0) is 24.1. The van der Waals surface area contributed by atoms with Crippen LogP contribution in [0.1, 0.15) is 41.6 Å². The highest BCUT2D eigenvalue weighted by atomic mass is 32.1. The van der Waals surface area contributed by atoms with Crippen LogP contribution in [-0.2, 0) is 16.0 Å². The van der Waals surface area contributed by atoms with Crippen molar-refractivity contribution < 1.29 is 37.4 Å². The molecule has 1 aromatic carbocycles.